The van der Waals surface area contributed by atoms with E-state index in [0.717, 1.165) is 74.0 Å². The van der Waals surface area contributed by atoms with E-state index in [1.807, 2.05) is 31.2 Å². The standard InChI is InChI=1S/C33H46N4O3/c1-4-5-6-7-18-34-33(39)40-24-37(21-9-12-31(38)26-15-13-25(2)14-16-26)22-17-29-28(23-37)27-10-8-11-30-32(27)36(29)20-19-35(30)3/h8,10-11,13-16,28-29H,4-7,9,12,17-24H2,1-3H3/p+1/t28-,29-,37?/m0/s1. The molecule has 1 fully saturated rings. The summed E-state index contributed by atoms with van der Waals surface area (Å²) in [7, 11) is 2.19. The Morgan fingerprint density at radius 1 is 1.05 bits per heavy atom. The number of amides is 1. The number of nitrogens with one attached hydrogen (secondary N) is 1. The van der Waals surface area contributed by atoms with Gasteiger partial charge in [-0.15, -0.1) is 0 Å². The number of carbonyl (C=O) groups excluding carboxylic acids is 2. The van der Waals surface area contributed by atoms with Gasteiger partial charge in [-0.2, -0.15) is 0 Å². The number of ketones is 1. The number of likely N-dealkylation sites (N-methyl/N-ethyl adjacent to an activating group) is 1. The highest BCUT2D eigenvalue weighted by atomic mass is 16.6. The predicted molar refractivity (Wildman–Crippen MR) is 161 cm³/mol. The van der Waals surface area contributed by atoms with Gasteiger partial charge in [-0.3, -0.25) is 9.28 Å². The maximum atomic E-state index is 13.0. The molecular formula is C33H47N4O3+. The Kier molecular flexibility index (Phi) is 8.99. The fourth-order valence-electron chi connectivity index (χ4n) is 7.04. The molecule has 3 aliphatic rings. The van der Waals surface area contributed by atoms with E-state index in [2.05, 4.69) is 47.3 Å². The fourth-order valence-corrected chi connectivity index (χ4v) is 7.04. The smallest absolute Gasteiger partial charge is 0.399 e. The van der Waals surface area contributed by atoms with Gasteiger partial charge < -0.3 is 19.9 Å². The number of hydrogen-bond donors (Lipinski definition) is 1. The molecule has 0 spiro atoms. The Morgan fingerprint density at radius 3 is 2.67 bits per heavy atom. The number of carbonyl (C=O) groups is 2. The number of nitrogens with zero attached hydrogens (tertiary/aromatic N) is 3. The number of alkyl carbamates (subject to hydrolysis) is 1. The first-order valence-electron chi connectivity index (χ1n) is 15.4. The molecule has 40 heavy (non-hydrogen) atoms. The lowest BCUT2D eigenvalue weighted by Gasteiger charge is -2.47. The molecule has 3 heterocycles. The lowest BCUT2D eigenvalue weighted by molar-refractivity contribution is -0.949. The van der Waals surface area contributed by atoms with E-state index in [9.17, 15) is 9.59 Å². The summed E-state index contributed by atoms with van der Waals surface area (Å²) in [6, 6.07) is 15.1. The third kappa shape index (κ3) is 6.14. The van der Waals surface area contributed by atoms with Gasteiger partial charge in [0.2, 0.25) is 6.73 Å². The van der Waals surface area contributed by atoms with Gasteiger partial charge in [0.05, 0.1) is 36.9 Å². The predicted octanol–water partition coefficient (Wildman–Crippen LogP) is 5.86. The van der Waals surface area contributed by atoms with Crippen LogP contribution in [0.5, 0.6) is 0 Å². The number of benzene rings is 2. The van der Waals surface area contributed by atoms with Crippen LogP contribution in [0.15, 0.2) is 42.5 Å². The average Bonchev–Trinajstić information content (AvgIpc) is 3.28. The summed E-state index contributed by atoms with van der Waals surface area (Å²) in [6.45, 7) is 10.1. The molecule has 0 radical (unpaired) electrons. The third-order valence-corrected chi connectivity index (χ3v) is 9.35. The molecule has 0 aromatic heterocycles. The second kappa shape index (κ2) is 12.6. The molecule has 2 aromatic carbocycles. The molecule has 3 aliphatic heterocycles. The van der Waals surface area contributed by atoms with E-state index in [1.54, 1.807) is 0 Å². The first-order chi connectivity index (χ1) is 19.4. The summed E-state index contributed by atoms with van der Waals surface area (Å²) >= 11 is 0. The highest BCUT2D eigenvalue weighted by molar-refractivity contribution is 5.96. The van der Waals surface area contributed by atoms with E-state index < -0.39 is 0 Å². The minimum Gasteiger partial charge on any atom is -0.399 e. The van der Waals surface area contributed by atoms with Crippen molar-refractivity contribution >= 4 is 23.3 Å². The molecule has 0 aliphatic carbocycles. The maximum Gasteiger partial charge on any atom is 0.411 e. The lowest BCUT2D eigenvalue weighted by atomic mass is 9.87. The number of hydrogen-bond acceptors (Lipinski definition) is 5. The first-order valence-corrected chi connectivity index (χ1v) is 15.4. The molecule has 7 heteroatoms. The van der Waals surface area contributed by atoms with Crippen molar-refractivity contribution in [3.05, 3.63) is 59.2 Å². The quantitative estimate of drug-likeness (QED) is 0.205. The summed E-state index contributed by atoms with van der Waals surface area (Å²) in [5.41, 5.74) is 6.12. The Hall–Kier alpha value is -3.06. The van der Waals surface area contributed by atoms with Gasteiger partial charge in [0.1, 0.15) is 0 Å². The van der Waals surface area contributed by atoms with Gasteiger partial charge in [0.15, 0.2) is 5.78 Å². The normalized spacial score (nSPS) is 23.0. The number of fused-ring (bicyclic) bond motifs is 3. The van der Waals surface area contributed by atoms with Crippen molar-refractivity contribution < 1.29 is 18.8 Å². The van der Waals surface area contributed by atoms with Crippen molar-refractivity contribution in [3.63, 3.8) is 0 Å². The summed E-state index contributed by atoms with van der Waals surface area (Å²) in [6.07, 6.45) is 6.52. The van der Waals surface area contributed by atoms with Crippen molar-refractivity contribution in [2.24, 2.45) is 0 Å². The van der Waals surface area contributed by atoms with Gasteiger partial charge in [-0.25, -0.2) is 4.79 Å². The van der Waals surface area contributed by atoms with Crippen LogP contribution < -0.4 is 15.1 Å². The molecule has 1 amide bonds. The van der Waals surface area contributed by atoms with Crippen molar-refractivity contribution in [1.82, 2.24) is 5.32 Å². The number of anilines is 2. The molecule has 1 saturated heterocycles. The second-order valence-corrected chi connectivity index (χ2v) is 12.2. The van der Waals surface area contributed by atoms with Crippen molar-refractivity contribution in [3.8, 4) is 0 Å². The minimum atomic E-state index is -0.317. The third-order valence-electron chi connectivity index (χ3n) is 9.35. The van der Waals surface area contributed by atoms with Crippen molar-refractivity contribution in [2.75, 3.05) is 62.8 Å². The van der Waals surface area contributed by atoms with E-state index in [1.165, 1.54) is 29.8 Å². The van der Waals surface area contributed by atoms with Crippen LogP contribution in [0.4, 0.5) is 16.2 Å². The highest BCUT2D eigenvalue weighted by Crippen LogP contribution is 2.51. The van der Waals surface area contributed by atoms with Gasteiger partial charge in [0, 0.05) is 57.5 Å². The van der Waals surface area contributed by atoms with E-state index in [0.29, 0.717) is 31.7 Å². The van der Waals surface area contributed by atoms with Crippen LogP contribution in [0.25, 0.3) is 0 Å². The van der Waals surface area contributed by atoms with Crippen LogP contribution in [0, 0.1) is 6.92 Å². The topological polar surface area (TPSA) is 61.9 Å². The lowest BCUT2D eigenvalue weighted by Crippen LogP contribution is -2.60. The minimum absolute atomic E-state index is 0.190. The Labute approximate surface area is 240 Å². The van der Waals surface area contributed by atoms with E-state index >= 15 is 0 Å². The summed E-state index contributed by atoms with van der Waals surface area (Å²) in [4.78, 5) is 30.6. The molecular weight excluding hydrogens is 500 g/mol. The van der Waals surface area contributed by atoms with E-state index in [-0.39, 0.29) is 11.9 Å². The zero-order valence-corrected chi connectivity index (χ0v) is 24.7. The number of Topliss-reactive ketones (excluding diaryl/α,β-unsaturated/α-hetero) is 1. The Bertz CT molecular complexity index is 1180. The van der Waals surface area contributed by atoms with Crippen LogP contribution in [0.3, 0.4) is 0 Å². The number of piperidine rings is 1. The number of likely N-dealkylation sites (tertiary alicyclic amines) is 1. The summed E-state index contributed by atoms with van der Waals surface area (Å²) in [5.74, 6) is 0.596. The number of ether oxygens (including phenoxy) is 1. The average molecular weight is 548 g/mol. The Morgan fingerprint density at radius 2 is 1.88 bits per heavy atom. The molecule has 7 nitrogen and oxygen atoms in total. The largest absolute Gasteiger partial charge is 0.411 e. The van der Waals surface area contributed by atoms with Crippen LogP contribution in [-0.2, 0) is 4.74 Å². The van der Waals surface area contributed by atoms with Crippen LogP contribution >= 0.6 is 0 Å². The van der Waals surface area contributed by atoms with E-state index in [4.69, 9.17) is 4.74 Å². The van der Waals surface area contributed by atoms with Crippen molar-refractivity contribution in [1.29, 1.82) is 0 Å². The summed E-state index contributed by atoms with van der Waals surface area (Å²) < 4.78 is 6.63. The molecule has 0 bridgehead atoms. The summed E-state index contributed by atoms with van der Waals surface area (Å²) in [5, 5.41) is 2.96. The number of rotatable bonds is 12. The SMILES string of the molecule is CCCCCCNC(=O)OC[N+]1(CCCC(=O)c2ccc(C)cc2)CC[C@H]2[C@@H](C1)c1cccc3c1N2CCN3C. The van der Waals surface area contributed by atoms with Crippen LogP contribution in [0.2, 0.25) is 0 Å². The number of para-hydroxylation sites is 1. The van der Waals surface area contributed by atoms with Gasteiger partial charge in [-0.05, 0) is 25.0 Å². The van der Waals surface area contributed by atoms with Gasteiger partial charge >= 0.3 is 6.09 Å². The molecule has 1 N–H and O–H groups in total. The molecule has 5 rings (SSSR count). The molecule has 3 atom stereocenters. The molecule has 216 valence electrons. The fraction of sp³-hybridized carbons (Fsp3) is 0.576. The second-order valence-electron chi connectivity index (χ2n) is 12.2. The first kappa shape index (κ1) is 28.5. The highest BCUT2D eigenvalue weighted by Gasteiger charge is 2.50. The number of aryl methyl sites for hydroxylation is 1. The van der Waals surface area contributed by atoms with Gasteiger partial charge in [0.25, 0.3) is 0 Å². The maximum absolute atomic E-state index is 13.0. The number of unbranched alkanes of at least 4 members (excludes halogenated alkanes) is 3. The van der Waals surface area contributed by atoms with Crippen LogP contribution in [-0.4, -0.2) is 75.4 Å². The zero-order valence-electron chi connectivity index (χ0n) is 24.7. The Balaban J connectivity index is 1.28. The zero-order chi connectivity index (χ0) is 28.1. The monoisotopic (exact) mass is 547 g/mol. The molecule has 2 aromatic rings. The van der Waals surface area contributed by atoms with Crippen molar-refractivity contribution in [2.45, 2.75) is 70.8 Å². The van der Waals surface area contributed by atoms with Crippen LogP contribution in [0.1, 0.15) is 79.3 Å². The molecule has 0 saturated carbocycles. The molecule has 1 unspecified atom stereocenters. The number of quaternary nitrogens is 1. The van der Waals surface area contributed by atoms with Gasteiger partial charge in [-0.1, -0.05) is 68.1 Å².